The first kappa shape index (κ1) is 12.0. The van der Waals surface area contributed by atoms with Crippen LogP contribution < -0.4 is 0 Å². The van der Waals surface area contributed by atoms with Crippen molar-refractivity contribution in [1.29, 1.82) is 0 Å². The molecule has 0 heterocycles. The minimum absolute atomic E-state index is 0.0655. The summed E-state index contributed by atoms with van der Waals surface area (Å²) in [5.74, 6) is 0. The smallest absolute Gasteiger partial charge is 0.0856 e. The maximum atomic E-state index is 4.01. The fourth-order valence-electron chi connectivity index (χ4n) is 1.75. The van der Waals surface area contributed by atoms with Crippen LogP contribution in [0.25, 0.3) is 0 Å². The Labute approximate surface area is 94.4 Å². The molecule has 1 unspecified atom stereocenters. The molecule has 1 aromatic rings. The third-order valence-corrected chi connectivity index (χ3v) is 7.82. The number of hydrogen-bond donors (Lipinski definition) is 0. The van der Waals surface area contributed by atoms with Crippen molar-refractivity contribution in [3.05, 3.63) is 60.8 Å². The molecule has 1 aromatic carbocycles. The number of benzene rings is 1. The van der Waals surface area contributed by atoms with Crippen LogP contribution in [0.2, 0.25) is 13.1 Å². The van der Waals surface area contributed by atoms with E-state index in [1.807, 2.05) is 0 Å². The van der Waals surface area contributed by atoms with Crippen molar-refractivity contribution in [2.24, 2.45) is 0 Å². The molecule has 0 aromatic heterocycles. The van der Waals surface area contributed by atoms with Crippen LogP contribution in [0.1, 0.15) is 12.5 Å². The summed E-state index contributed by atoms with van der Waals surface area (Å²) in [5.41, 5.74) is 3.48. The Bertz CT molecular complexity index is 351. The van der Waals surface area contributed by atoms with Crippen LogP contribution in [-0.4, -0.2) is 8.07 Å². The summed E-state index contributed by atoms with van der Waals surface area (Å²) in [7, 11) is -1.53. The van der Waals surface area contributed by atoms with Gasteiger partial charge < -0.3 is 0 Å². The maximum absolute atomic E-state index is 4.01. The molecule has 0 saturated carbocycles. The lowest BCUT2D eigenvalue weighted by Gasteiger charge is -2.39. The topological polar surface area (TPSA) is 0 Å². The fourth-order valence-corrected chi connectivity index (χ4v) is 3.61. The maximum Gasteiger partial charge on any atom is 0.0856 e. The van der Waals surface area contributed by atoms with Crippen LogP contribution in [0.3, 0.4) is 0 Å². The van der Waals surface area contributed by atoms with E-state index in [2.05, 4.69) is 75.3 Å². The van der Waals surface area contributed by atoms with Crippen molar-refractivity contribution in [2.75, 3.05) is 0 Å². The molecule has 0 N–H and O–H groups in total. The van der Waals surface area contributed by atoms with Gasteiger partial charge in [-0.15, -0.1) is 18.9 Å². The Hall–Kier alpha value is -1.08. The molecule has 0 aliphatic rings. The van der Waals surface area contributed by atoms with E-state index in [1.54, 1.807) is 0 Å². The van der Waals surface area contributed by atoms with Gasteiger partial charge in [0.05, 0.1) is 8.07 Å². The van der Waals surface area contributed by atoms with Crippen molar-refractivity contribution < 1.29 is 0 Å². The first-order valence-electron chi connectivity index (χ1n) is 5.30. The zero-order valence-corrected chi connectivity index (χ0v) is 11.0. The van der Waals surface area contributed by atoms with E-state index in [1.165, 1.54) is 5.56 Å². The Morgan fingerprint density at radius 3 is 2.07 bits per heavy atom. The summed E-state index contributed by atoms with van der Waals surface area (Å²) in [4.78, 5) is 0. The summed E-state index contributed by atoms with van der Waals surface area (Å²) in [6, 6.07) is 10.6. The highest BCUT2D eigenvalue weighted by Gasteiger charge is 2.39. The average Bonchev–Trinajstić information content (AvgIpc) is 2.29. The van der Waals surface area contributed by atoms with E-state index in [-0.39, 0.29) is 5.04 Å². The molecule has 0 radical (unpaired) electrons. The summed E-state index contributed by atoms with van der Waals surface area (Å²) in [6.07, 6.45) is 2.08. The highest BCUT2D eigenvalue weighted by atomic mass is 28.3. The van der Waals surface area contributed by atoms with Crippen LogP contribution in [-0.2, 0) is 5.04 Å². The second-order valence-corrected chi connectivity index (χ2v) is 9.59. The minimum atomic E-state index is -1.53. The Morgan fingerprint density at radius 2 is 1.67 bits per heavy atom. The van der Waals surface area contributed by atoms with E-state index in [0.717, 1.165) is 0 Å². The molecule has 0 aliphatic heterocycles. The van der Waals surface area contributed by atoms with Crippen LogP contribution in [0.15, 0.2) is 55.3 Å². The lowest BCUT2D eigenvalue weighted by Crippen LogP contribution is -2.46. The second kappa shape index (κ2) is 4.19. The van der Waals surface area contributed by atoms with Gasteiger partial charge in [-0.3, -0.25) is 0 Å². The van der Waals surface area contributed by atoms with E-state index in [9.17, 15) is 0 Å². The first-order chi connectivity index (χ1) is 6.98. The molecule has 0 amide bonds. The van der Waals surface area contributed by atoms with Crippen molar-refractivity contribution in [2.45, 2.75) is 25.1 Å². The minimum Gasteiger partial charge on any atom is -0.107 e. The third kappa shape index (κ3) is 1.98. The molecule has 1 heteroatoms. The molecule has 0 fully saturated rings. The molecular formula is C14H20Si. The predicted octanol–water partition coefficient (Wildman–Crippen LogP) is 4.10. The van der Waals surface area contributed by atoms with Crippen LogP contribution in [0.5, 0.6) is 0 Å². The normalized spacial score (nSPS) is 15.4. The van der Waals surface area contributed by atoms with Gasteiger partial charge in [0, 0.05) is 5.04 Å². The van der Waals surface area contributed by atoms with Crippen LogP contribution in [0, 0.1) is 0 Å². The molecule has 0 bridgehead atoms. The molecule has 0 aliphatic carbocycles. The highest BCUT2D eigenvalue weighted by Crippen LogP contribution is 2.35. The summed E-state index contributed by atoms with van der Waals surface area (Å²) in [5, 5.41) is 0.0655. The van der Waals surface area contributed by atoms with Gasteiger partial charge in [-0.25, -0.2) is 0 Å². The monoisotopic (exact) mass is 216 g/mol. The largest absolute Gasteiger partial charge is 0.107 e. The summed E-state index contributed by atoms with van der Waals surface area (Å²) < 4.78 is 0. The SMILES string of the molecule is C=CC(C)(c1ccccc1)[Si](C)(C)C=C. The van der Waals surface area contributed by atoms with Gasteiger partial charge in [0.1, 0.15) is 0 Å². The third-order valence-electron chi connectivity index (χ3n) is 3.63. The first-order valence-corrected chi connectivity index (χ1v) is 8.38. The molecule has 0 spiro atoms. The Kier molecular flexibility index (Phi) is 3.35. The zero-order valence-electron chi connectivity index (χ0n) is 9.96. The highest BCUT2D eigenvalue weighted by molar-refractivity contribution is 6.85. The number of hydrogen-bond acceptors (Lipinski definition) is 0. The van der Waals surface area contributed by atoms with E-state index in [4.69, 9.17) is 0 Å². The van der Waals surface area contributed by atoms with Gasteiger partial charge >= 0.3 is 0 Å². The van der Waals surface area contributed by atoms with Gasteiger partial charge in [-0.05, 0) is 5.56 Å². The second-order valence-electron chi connectivity index (χ2n) is 4.70. The Balaban J connectivity index is 3.29. The lowest BCUT2D eigenvalue weighted by atomic mass is 10.0. The summed E-state index contributed by atoms with van der Waals surface area (Å²) >= 11 is 0. The molecule has 0 saturated heterocycles. The lowest BCUT2D eigenvalue weighted by molar-refractivity contribution is 0.818. The standard InChI is InChI=1S/C14H20Si/c1-6-14(3,15(4,5)7-2)13-11-9-8-10-12-13/h6-12H,1-2H2,3-5H3. The molecule has 1 atom stereocenters. The zero-order chi connectivity index (χ0) is 11.5. The molecular weight excluding hydrogens is 196 g/mol. The number of rotatable bonds is 4. The van der Waals surface area contributed by atoms with Gasteiger partial charge in [0.2, 0.25) is 0 Å². The fraction of sp³-hybridized carbons (Fsp3) is 0.286. The van der Waals surface area contributed by atoms with Crippen LogP contribution in [0.4, 0.5) is 0 Å². The van der Waals surface area contributed by atoms with E-state index in [0.29, 0.717) is 0 Å². The average molecular weight is 216 g/mol. The molecule has 15 heavy (non-hydrogen) atoms. The molecule has 80 valence electrons. The predicted molar refractivity (Wildman–Crippen MR) is 71.7 cm³/mol. The number of allylic oxidation sites excluding steroid dienone is 1. The van der Waals surface area contributed by atoms with Crippen molar-refractivity contribution >= 4 is 8.07 Å². The molecule has 0 nitrogen and oxygen atoms in total. The van der Waals surface area contributed by atoms with E-state index < -0.39 is 8.07 Å². The van der Waals surface area contributed by atoms with Gasteiger partial charge in [0.15, 0.2) is 0 Å². The van der Waals surface area contributed by atoms with Crippen LogP contribution >= 0.6 is 0 Å². The van der Waals surface area contributed by atoms with Crippen molar-refractivity contribution in [3.8, 4) is 0 Å². The molecule has 1 rings (SSSR count). The van der Waals surface area contributed by atoms with Gasteiger partial charge in [0.25, 0.3) is 0 Å². The van der Waals surface area contributed by atoms with Crippen molar-refractivity contribution in [1.82, 2.24) is 0 Å². The van der Waals surface area contributed by atoms with Gasteiger partial charge in [-0.2, -0.15) is 0 Å². The Morgan fingerprint density at radius 1 is 1.13 bits per heavy atom. The summed E-state index contributed by atoms with van der Waals surface area (Å²) in [6.45, 7) is 14.9. The van der Waals surface area contributed by atoms with E-state index >= 15 is 0 Å². The quantitative estimate of drug-likeness (QED) is 0.525. The van der Waals surface area contributed by atoms with Crippen molar-refractivity contribution in [3.63, 3.8) is 0 Å². The van der Waals surface area contributed by atoms with Gasteiger partial charge in [-0.1, -0.05) is 56.4 Å².